The van der Waals surface area contributed by atoms with Gasteiger partial charge in [-0.2, -0.15) is 0 Å². The molecule has 0 fully saturated rings. The maximum absolute atomic E-state index is 13.6. The van der Waals surface area contributed by atoms with E-state index in [1.54, 1.807) is 18.2 Å². The maximum atomic E-state index is 13.6. The summed E-state index contributed by atoms with van der Waals surface area (Å²) in [5, 5.41) is 4.57. The number of anilines is 3. The number of rotatable bonds is 6. The Morgan fingerprint density at radius 1 is 0.417 bits per heavy atom. The zero-order valence-corrected chi connectivity index (χ0v) is 33.6. The molecule has 9 aromatic carbocycles. The molecule has 3 nitrogen and oxygen atoms in total. The molecule has 11 rings (SSSR count). The number of hydrogen-bond donors (Lipinski definition) is 0. The highest BCUT2D eigenvalue weighted by Crippen LogP contribution is 2.59. The highest BCUT2D eigenvalue weighted by molar-refractivity contribution is 6.41. The lowest BCUT2D eigenvalue weighted by Crippen LogP contribution is -2.10. The average molecular weight is 770 g/mol. The van der Waals surface area contributed by atoms with Crippen LogP contribution < -0.4 is 4.90 Å². The molecule has 0 aliphatic heterocycles. The molecule has 2 aliphatic carbocycles. The summed E-state index contributed by atoms with van der Waals surface area (Å²) in [6, 6.07) is 61.8. The molecule has 0 saturated carbocycles. The third kappa shape index (κ3) is 5.43. The number of hydrogen-bond acceptors (Lipinski definition) is 3. The summed E-state index contributed by atoms with van der Waals surface area (Å²) in [6.45, 7) is 6.44. The smallest absolute Gasteiger partial charge is 0.197 e. The van der Waals surface area contributed by atoms with Gasteiger partial charge in [-0.25, -0.2) is 0 Å². The fraction of sp³-hybridized carbons (Fsp3) is 0.0526. The van der Waals surface area contributed by atoms with Gasteiger partial charge in [-0.1, -0.05) is 151 Å². The van der Waals surface area contributed by atoms with Crippen LogP contribution in [0.5, 0.6) is 0 Å². The van der Waals surface area contributed by atoms with Crippen molar-refractivity contribution in [3.63, 3.8) is 0 Å². The summed E-state index contributed by atoms with van der Waals surface area (Å²) in [5.74, 6) is -0.450. The number of fused-ring (bicyclic) bond motifs is 5. The van der Waals surface area contributed by atoms with Crippen LogP contribution in [0.2, 0.25) is 0 Å². The topological polar surface area (TPSA) is 37.4 Å². The zero-order chi connectivity index (χ0) is 40.6. The Kier molecular flexibility index (Phi) is 8.14. The second-order valence-corrected chi connectivity index (χ2v) is 16.1. The number of carbonyl (C=O) groups excluding carboxylic acids is 2. The van der Waals surface area contributed by atoms with Gasteiger partial charge >= 0.3 is 0 Å². The number of benzene rings is 9. The second-order valence-electron chi connectivity index (χ2n) is 16.1. The molecule has 0 saturated heterocycles. The van der Waals surface area contributed by atoms with Crippen LogP contribution in [0.25, 0.3) is 72.1 Å². The van der Waals surface area contributed by atoms with Gasteiger partial charge in [0.05, 0.1) is 11.3 Å². The predicted molar refractivity (Wildman–Crippen MR) is 249 cm³/mol. The van der Waals surface area contributed by atoms with Crippen molar-refractivity contribution in [2.45, 2.75) is 20.8 Å². The van der Waals surface area contributed by atoms with Crippen molar-refractivity contribution < 1.29 is 9.59 Å². The van der Waals surface area contributed by atoms with E-state index in [0.717, 1.165) is 55.7 Å². The number of ketones is 2. The Balaban J connectivity index is 1.23. The van der Waals surface area contributed by atoms with E-state index >= 15 is 0 Å². The molecule has 0 radical (unpaired) electrons. The summed E-state index contributed by atoms with van der Waals surface area (Å²) in [4.78, 5) is 29.6. The van der Waals surface area contributed by atoms with Crippen molar-refractivity contribution in [3.05, 3.63) is 215 Å². The van der Waals surface area contributed by atoms with Gasteiger partial charge in [-0.3, -0.25) is 9.59 Å². The number of allylic oxidation sites excluding steroid dienone is 1. The van der Waals surface area contributed by atoms with Gasteiger partial charge < -0.3 is 4.90 Å². The minimum absolute atomic E-state index is 0.203. The summed E-state index contributed by atoms with van der Waals surface area (Å²) in [7, 11) is 0. The summed E-state index contributed by atoms with van der Waals surface area (Å²) >= 11 is 0. The summed E-state index contributed by atoms with van der Waals surface area (Å²) in [5.41, 5.74) is 18.2. The van der Waals surface area contributed by atoms with Crippen molar-refractivity contribution in [1.29, 1.82) is 0 Å². The second kappa shape index (κ2) is 13.8. The van der Waals surface area contributed by atoms with Gasteiger partial charge in [0.15, 0.2) is 11.6 Å². The fourth-order valence-corrected chi connectivity index (χ4v) is 9.56. The van der Waals surface area contributed by atoms with Crippen LogP contribution in [0.1, 0.15) is 43.0 Å². The zero-order valence-electron chi connectivity index (χ0n) is 33.6. The fourth-order valence-electron chi connectivity index (χ4n) is 9.56. The first kappa shape index (κ1) is 35.5. The molecular formula is C57H39NO2. The van der Waals surface area contributed by atoms with Gasteiger partial charge in [0, 0.05) is 27.9 Å². The van der Waals surface area contributed by atoms with Crippen LogP contribution in [-0.4, -0.2) is 11.6 Å². The van der Waals surface area contributed by atoms with Gasteiger partial charge in [0.1, 0.15) is 0 Å². The van der Waals surface area contributed by atoms with E-state index in [4.69, 9.17) is 0 Å². The van der Waals surface area contributed by atoms with Crippen molar-refractivity contribution in [2.75, 3.05) is 4.90 Å². The molecule has 2 aliphatic rings. The monoisotopic (exact) mass is 769 g/mol. The van der Waals surface area contributed by atoms with E-state index in [9.17, 15) is 9.59 Å². The minimum Gasteiger partial charge on any atom is -0.310 e. The molecule has 0 amide bonds. The van der Waals surface area contributed by atoms with Crippen LogP contribution in [0.3, 0.4) is 0 Å². The normalized spacial score (nSPS) is 12.6. The molecule has 3 heteroatoms. The van der Waals surface area contributed by atoms with E-state index < -0.39 is 0 Å². The molecule has 9 aromatic rings. The summed E-state index contributed by atoms with van der Waals surface area (Å²) in [6.07, 6.45) is 1.79. The first-order valence-corrected chi connectivity index (χ1v) is 20.5. The van der Waals surface area contributed by atoms with Gasteiger partial charge in [0.25, 0.3) is 0 Å². The Labute approximate surface area is 349 Å². The first-order chi connectivity index (χ1) is 29.4. The molecule has 0 heterocycles. The van der Waals surface area contributed by atoms with Crippen molar-refractivity contribution >= 4 is 56.2 Å². The first-order valence-electron chi connectivity index (χ1n) is 20.5. The van der Waals surface area contributed by atoms with E-state index in [0.29, 0.717) is 11.1 Å². The van der Waals surface area contributed by atoms with E-state index in [1.165, 1.54) is 49.7 Å². The molecule has 0 atom stereocenters. The molecule has 0 spiro atoms. The largest absolute Gasteiger partial charge is 0.310 e. The lowest BCUT2D eigenvalue weighted by Gasteiger charge is -2.27. The number of aryl methyl sites for hydroxylation is 3. The van der Waals surface area contributed by atoms with Gasteiger partial charge in [-0.15, -0.1) is 0 Å². The van der Waals surface area contributed by atoms with Crippen molar-refractivity contribution in [1.82, 2.24) is 0 Å². The molecule has 0 N–H and O–H groups in total. The number of nitrogens with zero attached hydrogens (tertiary/aromatic N) is 1. The number of Topliss-reactive ketones (excluding diaryl/α,β-unsaturated/α-hetero) is 2. The van der Waals surface area contributed by atoms with Crippen LogP contribution in [0.15, 0.2) is 181 Å². The Bertz CT molecular complexity index is 3220. The average Bonchev–Trinajstić information content (AvgIpc) is 3.73. The third-order valence-corrected chi connectivity index (χ3v) is 12.4. The highest BCUT2D eigenvalue weighted by atomic mass is 16.2. The molecule has 284 valence electrons. The minimum atomic E-state index is -0.225. The van der Waals surface area contributed by atoms with Gasteiger partial charge in [0.2, 0.25) is 0 Å². The van der Waals surface area contributed by atoms with Crippen LogP contribution in [0, 0.1) is 20.8 Å². The highest BCUT2D eigenvalue weighted by Gasteiger charge is 2.34. The Morgan fingerprint density at radius 2 is 0.983 bits per heavy atom. The van der Waals surface area contributed by atoms with Crippen LogP contribution in [0.4, 0.5) is 17.1 Å². The van der Waals surface area contributed by atoms with E-state index in [-0.39, 0.29) is 17.1 Å². The molecule has 60 heavy (non-hydrogen) atoms. The summed E-state index contributed by atoms with van der Waals surface area (Å²) < 4.78 is 0. The van der Waals surface area contributed by atoms with Crippen molar-refractivity contribution in [3.8, 4) is 44.5 Å². The maximum Gasteiger partial charge on any atom is 0.197 e. The lowest BCUT2D eigenvalue weighted by atomic mass is 9.81. The molecule has 0 unspecified atom stereocenters. The Hall–Kier alpha value is -7.62. The SMILES string of the molecule is Cc1ccc(N(c2ccc(C)cc2)c2ccc3c4c(cccc24)-c2c-3c(-c3ccccc3)c3ccc(C=C4C(=O)c5ccccc5C4=O)cc3c2-c2ccccc2C)cc1. The lowest BCUT2D eigenvalue weighted by molar-refractivity contribution is 0.0990. The standard InChI is InChI=1S/C57H39NO2/c1-34-20-25-39(26-21-34)58(40-27-22-35(2)23-28-40)50-31-30-47-52-45(50)18-11-19-46(52)55-53(41-15-8-7-12-36(41)3)48-32-37(33-49-56(59)43-16-9-10-17-44(43)57(49)60)24-29-42(48)51(54(47)55)38-13-5-4-6-14-38/h4-33H,1-3H3. The van der Waals surface area contributed by atoms with Crippen molar-refractivity contribution in [2.24, 2.45) is 0 Å². The molecule has 0 bridgehead atoms. The number of carbonyl (C=O) groups is 2. The third-order valence-electron chi connectivity index (χ3n) is 12.4. The van der Waals surface area contributed by atoms with E-state index in [2.05, 4.69) is 177 Å². The van der Waals surface area contributed by atoms with Crippen LogP contribution in [-0.2, 0) is 0 Å². The van der Waals surface area contributed by atoms with E-state index in [1.807, 2.05) is 12.1 Å². The van der Waals surface area contributed by atoms with Crippen LogP contribution >= 0.6 is 0 Å². The van der Waals surface area contributed by atoms with Gasteiger partial charge in [-0.05, 0) is 135 Å². The quantitative estimate of drug-likeness (QED) is 0.125. The molecular weight excluding hydrogens is 731 g/mol. The Morgan fingerprint density at radius 3 is 1.63 bits per heavy atom. The predicted octanol–water partition coefficient (Wildman–Crippen LogP) is 14.8. The molecule has 0 aromatic heterocycles.